The summed E-state index contributed by atoms with van der Waals surface area (Å²) in [5.41, 5.74) is 0. The quantitative estimate of drug-likeness (QED) is 0.0317. The van der Waals surface area contributed by atoms with Crippen molar-refractivity contribution >= 4 is 17.9 Å². The van der Waals surface area contributed by atoms with Crippen molar-refractivity contribution in [3.63, 3.8) is 0 Å². The van der Waals surface area contributed by atoms with Gasteiger partial charge in [-0.1, -0.05) is 107 Å². The number of unbranched alkanes of at least 4 members (excludes halogenated alkanes) is 11. The number of hydrogen-bond acceptors (Lipinski definition) is 6. The summed E-state index contributed by atoms with van der Waals surface area (Å²) >= 11 is 0. The number of carboxylic acids is 1. The summed E-state index contributed by atoms with van der Waals surface area (Å²) in [5.74, 6) is -1.57. The Hall–Kier alpha value is -2.71. The molecule has 0 aliphatic heterocycles. The van der Waals surface area contributed by atoms with E-state index >= 15 is 0 Å². The molecule has 49 heavy (non-hydrogen) atoms. The number of allylic oxidation sites excluding steroid dienone is 8. The van der Waals surface area contributed by atoms with Gasteiger partial charge in [0.25, 0.3) is 0 Å². The lowest BCUT2D eigenvalue weighted by Crippen LogP contribution is -2.50. The van der Waals surface area contributed by atoms with Crippen LogP contribution in [0.1, 0.15) is 142 Å². The number of quaternary nitrogens is 1. The molecule has 0 aliphatic carbocycles. The van der Waals surface area contributed by atoms with Crippen molar-refractivity contribution < 1.29 is 38.2 Å². The van der Waals surface area contributed by atoms with Crippen molar-refractivity contribution in [3.05, 3.63) is 48.6 Å². The fraction of sp³-hybridized carbons (Fsp3) is 0.732. The SMILES string of the molecule is CC/C=C/C/C=C/C/C=C/CCCC(=O)OC(COCCC(C(=O)O)[N+](C)(C)C)COC(=O)CCCCC/C=C/CCCCCCCCC. The van der Waals surface area contributed by atoms with Crippen LogP contribution in [0.15, 0.2) is 48.6 Å². The second-order valence-corrected chi connectivity index (χ2v) is 13.8. The van der Waals surface area contributed by atoms with E-state index in [2.05, 4.69) is 62.5 Å². The number of ether oxygens (including phenoxy) is 3. The van der Waals surface area contributed by atoms with E-state index in [4.69, 9.17) is 14.2 Å². The summed E-state index contributed by atoms with van der Waals surface area (Å²) in [6.45, 7) is 4.51. The molecule has 2 unspecified atom stereocenters. The van der Waals surface area contributed by atoms with Crippen LogP contribution >= 0.6 is 0 Å². The number of nitrogens with zero attached hydrogens (tertiary/aromatic N) is 1. The molecule has 8 nitrogen and oxygen atoms in total. The second kappa shape index (κ2) is 32.5. The molecule has 0 fully saturated rings. The molecule has 0 saturated carbocycles. The van der Waals surface area contributed by atoms with Crippen molar-refractivity contribution in [1.82, 2.24) is 0 Å². The molecule has 0 aromatic rings. The molecule has 0 aliphatic rings. The fourth-order valence-electron chi connectivity index (χ4n) is 5.22. The third kappa shape index (κ3) is 31.0. The van der Waals surface area contributed by atoms with Gasteiger partial charge in [-0.3, -0.25) is 9.59 Å². The highest BCUT2D eigenvalue weighted by Crippen LogP contribution is 2.12. The summed E-state index contributed by atoms with van der Waals surface area (Å²) < 4.78 is 17.1. The van der Waals surface area contributed by atoms with Crippen LogP contribution in [0, 0.1) is 0 Å². The number of carboxylic acid groups (broad SMARTS) is 1. The molecule has 0 amide bonds. The second-order valence-electron chi connectivity index (χ2n) is 13.8. The van der Waals surface area contributed by atoms with Gasteiger partial charge in [-0.15, -0.1) is 0 Å². The van der Waals surface area contributed by atoms with Crippen LogP contribution < -0.4 is 0 Å². The van der Waals surface area contributed by atoms with E-state index in [0.29, 0.717) is 19.3 Å². The van der Waals surface area contributed by atoms with E-state index in [1.165, 1.54) is 44.9 Å². The van der Waals surface area contributed by atoms with Crippen LogP contribution in [0.5, 0.6) is 0 Å². The molecule has 0 heterocycles. The van der Waals surface area contributed by atoms with Gasteiger partial charge in [0.15, 0.2) is 12.1 Å². The largest absolute Gasteiger partial charge is 0.477 e. The summed E-state index contributed by atoms with van der Waals surface area (Å²) in [7, 11) is 5.49. The van der Waals surface area contributed by atoms with Gasteiger partial charge in [0.2, 0.25) is 0 Å². The van der Waals surface area contributed by atoms with E-state index in [-0.39, 0.29) is 42.7 Å². The molecular weight excluding hydrogens is 618 g/mol. The summed E-state index contributed by atoms with van der Waals surface area (Å²) in [6, 6.07) is -0.624. The minimum atomic E-state index is -0.887. The van der Waals surface area contributed by atoms with Crippen LogP contribution in [0.2, 0.25) is 0 Å². The first kappa shape index (κ1) is 46.3. The van der Waals surface area contributed by atoms with Crippen LogP contribution in [0.4, 0.5) is 0 Å². The van der Waals surface area contributed by atoms with Gasteiger partial charge in [0.05, 0.1) is 34.4 Å². The van der Waals surface area contributed by atoms with E-state index in [1.807, 2.05) is 21.1 Å². The third-order valence-electron chi connectivity index (χ3n) is 8.21. The summed E-state index contributed by atoms with van der Waals surface area (Å²) in [5, 5.41) is 9.57. The lowest BCUT2D eigenvalue weighted by Gasteiger charge is -2.31. The maximum Gasteiger partial charge on any atom is 0.362 e. The molecule has 0 aromatic heterocycles. The molecule has 0 saturated heterocycles. The molecule has 1 N–H and O–H groups in total. The van der Waals surface area contributed by atoms with Crippen LogP contribution in [-0.2, 0) is 28.6 Å². The Labute approximate surface area is 299 Å². The van der Waals surface area contributed by atoms with Crippen LogP contribution in [-0.4, -0.2) is 80.6 Å². The zero-order valence-electron chi connectivity index (χ0n) is 31.9. The molecule has 0 bridgehead atoms. The van der Waals surface area contributed by atoms with Gasteiger partial charge in [-0.2, -0.15) is 0 Å². The Morgan fingerprint density at radius 3 is 1.78 bits per heavy atom. The number of hydrogen-bond donors (Lipinski definition) is 1. The first-order chi connectivity index (χ1) is 23.6. The van der Waals surface area contributed by atoms with Gasteiger partial charge in [-0.25, -0.2) is 4.79 Å². The maximum absolute atomic E-state index is 12.6. The lowest BCUT2D eigenvalue weighted by atomic mass is 10.1. The Bertz CT molecular complexity index is 948. The smallest absolute Gasteiger partial charge is 0.362 e. The van der Waals surface area contributed by atoms with Crippen molar-refractivity contribution in [2.24, 2.45) is 0 Å². The normalized spacial score (nSPS) is 13.6. The van der Waals surface area contributed by atoms with Crippen molar-refractivity contribution in [2.75, 3.05) is 41.0 Å². The summed E-state index contributed by atoms with van der Waals surface area (Å²) in [4.78, 5) is 36.7. The Balaban J connectivity index is 4.50. The summed E-state index contributed by atoms with van der Waals surface area (Å²) in [6.07, 6.45) is 36.0. The van der Waals surface area contributed by atoms with E-state index in [1.54, 1.807) is 0 Å². The van der Waals surface area contributed by atoms with Gasteiger partial charge in [0.1, 0.15) is 6.61 Å². The highest BCUT2D eigenvalue weighted by atomic mass is 16.6. The highest BCUT2D eigenvalue weighted by Gasteiger charge is 2.31. The zero-order valence-corrected chi connectivity index (χ0v) is 31.9. The Kier molecular flexibility index (Phi) is 30.7. The Morgan fingerprint density at radius 2 is 1.16 bits per heavy atom. The number of aliphatic carboxylic acids is 1. The highest BCUT2D eigenvalue weighted by molar-refractivity contribution is 5.72. The van der Waals surface area contributed by atoms with Crippen molar-refractivity contribution in [2.45, 2.75) is 154 Å². The molecule has 0 rings (SSSR count). The predicted molar refractivity (Wildman–Crippen MR) is 201 cm³/mol. The van der Waals surface area contributed by atoms with Gasteiger partial charge >= 0.3 is 17.9 Å². The van der Waals surface area contributed by atoms with E-state index < -0.39 is 18.1 Å². The monoisotopic (exact) mass is 691 g/mol. The molecule has 0 radical (unpaired) electrons. The number of rotatable bonds is 33. The number of carbonyl (C=O) groups excluding carboxylic acids is 2. The minimum absolute atomic E-state index is 0.0351. The van der Waals surface area contributed by atoms with Gasteiger partial charge in [-0.05, 0) is 64.2 Å². The average Bonchev–Trinajstić information content (AvgIpc) is 3.05. The van der Waals surface area contributed by atoms with E-state index in [0.717, 1.165) is 57.8 Å². The Morgan fingerprint density at radius 1 is 0.633 bits per heavy atom. The minimum Gasteiger partial charge on any atom is -0.477 e. The van der Waals surface area contributed by atoms with Crippen molar-refractivity contribution in [3.8, 4) is 0 Å². The first-order valence-electron chi connectivity index (χ1n) is 19.2. The molecular formula is C41H72NO7+. The third-order valence-corrected chi connectivity index (χ3v) is 8.21. The average molecular weight is 691 g/mol. The number of likely N-dealkylation sites (N-methyl/N-ethyl adjacent to an activating group) is 1. The predicted octanol–water partition coefficient (Wildman–Crippen LogP) is 9.68. The number of carbonyl (C=O) groups is 3. The van der Waals surface area contributed by atoms with E-state index in [9.17, 15) is 19.5 Å². The molecule has 0 aromatic carbocycles. The van der Waals surface area contributed by atoms with Crippen LogP contribution in [0.25, 0.3) is 0 Å². The van der Waals surface area contributed by atoms with Crippen LogP contribution in [0.3, 0.4) is 0 Å². The molecule has 282 valence electrons. The maximum atomic E-state index is 12.6. The number of esters is 2. The van der Waals surface area contributed by atoms with Crippen molar-refractivity contribution in [1.29, 1.82) is 0 Å². The molecule has 8 heteroatoms. The topological polar surface area (TPSA) is 99.1 Å². The molecule has 2 atom stereocenters. The standard InChI is InChI=1S/C41H71NO7/c1-6-8-10-12-14-16-18-19-20-22-23-25-27-29-31-39(43)48-36-37(35-47-34-33-38(41(45)46)42(3,4)5)49-40(44)32-30-28-26-24-21-17-15-13-11-9-7-2/h9,11,15,17,20,22,24,26,37-38H,6-8,10,12-14,16,18-19,21,23,25,27-36H2,1-5H3/p+1/b11-9+,17-15+,22-20+,26-24+. The zero-order chi connectivity index (χ0) is 36.4. The first-order valence-corrected chi connectivity index (χ1v) is 19.2. The van der Waals surface area contributed by atoms with Gasteiger partial charge in [0, 0.05) is 19.3 Å². The lowest BCUT2D eigenvalue weighted by molar-refractivity contribution is -0.887. The van der Waals surface area contributed by atoms with Gasteiger partial charge < -0.3 is 23.8 Å². The fourth-order valence-corrected chi connectivity index (χ4v) is 5.22. The molecule has 0 spiro atoms.